The molecular formula is C45H41N. The van der Waals surface area contributed by atoms with Crippen LogP contribution in [-0.4, -0.2) is 0 Å². The number of nitrogens with zero attached hydrogens (tertiary/aromatic N) is 1. The molecule has 1 atom stereocenters. The van der Waals surface area contributed by atoms with Crippen LogP contribution in [0, 0.1) is 0 Å². The molecule has 0 radical (unpaired) electrons. The third kappa shape index (κ3) is 3.58. The zero-order valence-corrected chi connectivity index (χ0v) is 27.8. The summed E-state index contributed by atoms with van der Waals surface area (Å²) < 4.78 is 0. The molecule has 5 aromatic rings. The fourth-order valence-electron chi connectivity index (χ4n) is 9.48. The van der Waals surface area contributed by atoms with Gasteiger partial charge < -0.3 is 4.90 Å². The average molecular weight is 596 g/mol. The fourth-order valence-corrected chi connectivity index (χ4v) is 9.48. The van der Waals surface area contributed by atoms with E-state index in [1.807, 2.05) is 0 Å². The van der Waals surface area contributed by atoms with Gasteiger partial charge in [0, 0.05) is 39.2 Å². The number of anilines is 2. The second-order valence-electron chi connectivity index (χ2n) is 15.4. The van der Waals surface area contributed by atoms with E-state index in [-0.39, 0.29) is 16.2 Å². The molecule has 0 bridgehead atoms. The van der Waals surface area contributed by atoms with Gasteiger partial charge in [-0.15, -0.1) is 0 Å². The molecule has 0 heterocycles. The largest absolute Gasteiger partial charge is 0.314 e. The molecule has 0 aliphatic heterocycles. The maximum absolute atomic E-state index is 2.56. The van der Waals surface area contributed by atoms with Crippen molar-refractivity contribution in [1.29, 1.82) is 0 Å². The normalized spacial score (nSPS) is 20.0. The minimum Gasteiger partial charge on any atom is -0.314 e. The van der Waals surface area contributed by atoms with Crippen molar-refractivity contribution < 1.29 is 0 Å². The van der Waals surface area contributed by atoms with Gasteiger partial charge in [0.25, 0.3) is 0 Å². The van der Waals surface area contributed by atoms with E-state index in [0.29, 0.717) is 5.92 Å². The highest BCUT2D eigenvalue weighted by Crippen LogP contribution is 2.56. The van der Waals surface area contributed by atoms with E-state index in [1.165, 1.54) is 78.3 Å². The molecule has 0 spiro atoms. The van der Waals surface area contributed by atoms with Gasteiger partial charge in [0.05, 0.1) is 0 Å². The Balaban J connectivity index is 1.24. The van der Waals surface area contributed by atoms with Crippen molar-refractivity contribution in [2.45, 2.75) is 70.1 Å². The van der Waals surface area contributed by atoms with E-state index in [4.69, 9.17) is 0 Å². The molecule has 0 fully saturated rings. The summed E-state index contributed by atoms with van der Waals surface area (Å²) in [4.78, 5) is 2.56. The Morgan fingerprint density at radius 1 is 0.478 bits per heavy atom. The van der Waals surface area contributed by atoms with E-state index in [0.717, 1.165) is 6.42 Å². The predicted octanol–water partition coefficient (Wildman–Crippen LogP) is 11.7. The zero-order valence-electron chi connectivity index (χ0n) is 27.8. The molecule has 46 heavy (non-hydrogen) atoms. The Morgan fingerprint density at radius 2 is 0.957 bits per heavy atom. The molecule has 1 unspecified atom stereocenters. The lowest BCUT2D eigenvalue weighted by Crippen LogP contribution is -2.23. The van der Waals surface area contributed by atoms with Gasteiger partial charge in [-0.2, -0.15) is 0 Å². The van der Waals surface area contributed by atoms with Crippen LogP contribution in [0.3, 0.4) is 0 Å². The highest BCUT2D eigenvalue weighted by atomic mass is 15.1. The van der Waals surface area contributed by atoms with Gasteiger partial charge in [-0.1, -0.05) is 138 Å². The number of hydrogen-bond donors (Lipinski definition) is 0. The van der Waals surface area contributed by atoms with Crippen LogP contribution >= 0.6 is 0 Å². The number of rotatable bonds is 3. The Hall–Kier alpha value is -4.62. The number of fused-ring (bicyclic) bond motifs is 9. The van der Waals surface area contributed by atoms with Crippen LogP contribution < -0.4 is 4.90 Å². The lowest BCUT2D eigenvalue weighted by atomic mass is 9.78. The van der Waals surface area contributed by atoms with E-state index < -0.39 is 0 Å². The molecule has 1 nitrogen and oxygen atoms in total. The van der Waals surface area contributed by atoms with Gasteiger partial charge >= 0.3 is 0 Å². The van der Waals surface area contributed by atoms with Crippen molar-refractivity contribution in [2.75, 3.05) is 4.90 Å². The van der Waals surface area contributed by atoms with Gasteiger partial charge in [-0.05, 0) is 92.4 Å². The SMILES string of the molecule is CC1(C)C2=CC=C(N(c3ccc4c(c3)-c3ccccc3C4(C)C)c3ccc4c(c3)-c3ccccc3C4(C)C)CC2c2ccccc21. The molecule has 9 rings (SSSR count). The quantitative estimate of drug-likeness (QED) is 0.201. The Bertz CT molecular complexity index is 2060. The standard InChI is InChI=1S/C45H41N/c1-43(2)37-16-10-7-13-31(37)34-25-28(19-22-40(34)43)46(29-20-23-41-35(26-29)32-14-8-11-17-38(32)44(41,3)4)30-21-24-42-36(27-30)33-15-9-12-18-39(33)45(42,5)6/h7-26,36H,27H2,1-6H3. The van der Waals surface area contributed by atoms with Crippen molar-refractivity contribution in [3.8, 4) is 22.3 Å². The topological polar surface area (TPSA) is 3.24 Å². The van der Waals surface area contributed by atoms with Crippen LogP contribution in [-0.2, 0) is 16.2 Å². The van der Waals surface area contributed by atoms with Crippen LogP contribution in [0.4, 0.5) is 11.4 Å². The molecule has 4 aliphatic carbocycles. The Morgan fingerprint density at radius 3 is 1.52 bits per heavy atom. The molecule has 5 aromatic carbocycles. The van der Waals surface area contributed by atoms with Crippen LogP contribution in [0.15, 0.2) is 133 Å². The van der Waals surface area contributed by atoms with Crippen LogP contribution in [0.25, 0.3) is 22.3 Å². The summed E-state index contributed by atoms with van der Waals surface area (Å²) >= 11 is 0. The van der Waals surface area contributed by atoms with Gasteiger partial charge in [0.15, 0.2) is 0 Å². The van der Waals surface area contributed by atoms with Crippen LogP contribution in [0.1, 0.15) is 87.3 Å². The summed E-state index contributed by atoms with van der Waals surface area (Å²) in [5.74, 6) is 0.386. The van der Waals surface area contributed by atoms with Gasteiger partial charge in [-0.25, -0.2) is 0 Å². The first-order valence-corrected chi connectivity index (χ1v) is 16.9. The molecule has 0 saturated heterocycles. The molecule has 4 aliphatic rings. The number of hydrogen-bond acceptors (Lipinski definition) is 1. The maximum atomic E-state index is 2.56. The molecule has 226 valence electrons. The highest BCUT2D eigenvalue weighted by molar-refractivity contribution is 5.88. The molecule has 0 aromatic heterocycles. The summed E-state index contributed by atoms with van der Waals surface area (Å²) in [6.45, 7) is 14.3. The lowest BCUT2D eigenvalue weighted by molar-refractivity contribution is 0.605. The highest BCUT2D eigenvalue weighted by Gasteiger charge is 2.43. The summed E-state index contributed by atoms with van der Waals surface area (Å²) in [6.07, 6.45) is 5.83. The Kier molecular flexibility index (Phi) is 5.55. The molecule has 1 heteroatoms. The number of allylic oxidation sites excluding steroid dienone is 4. The zero-order chi connectivity index (χ0) is 31.6. The van der Waals surface area contributed by atoms with Crippen molar-refractivity contribution in [1.82, 2.24) is 0 Å². The smallest absolute Gasteiger partial charge is 0.0464 e. The summed E-state index contributed by atoms with van der Waals surface area (Å²) in [6, 6.07) is 41.5. The first-order chi connectivity index (χ1) is 22.1. The van der Waals surface area contributed by atoms with Crippen molar-refractivity contribution in [2.24, 2.45) is 0 Å². The van der Waals surface area contributed by atoms with Crippen molar-refractivity contribution in [3.05, 3.63) is 166 Å². The van der Waals surface area contributed by atoms with Gasteiger partial charge in [-0.3, -0.25) is 0 Å². The molecule has 0 amide bonds. The van der Waals surface area contributed by atoms with E-state index >= 15 is 0 Å². The number of benzene rings is 5. The van der Waals surface area contributed by atoms with Crippen molar-refractivity contribution >= 4 is 11.4 Å². The summed E-state index contributed by atoms with van der Waals surface area (Å²) in [5, 5.41) is 0. The average Bonchev–Trinajstić information content (AvgIpc) is 3.54. The monoisotopic (exact) mass is 595 g/mol. The molecule has 0 N–H and O–H groups in total. The van der Waals surface area contributed by atoms with Gasteiger partial charge in [0.1, 0.15) is 0 Å². The first kappa shape index (κ1) is 27.7. The second-order valence-corrected chi connectivity index (χ2v) is 15.4. The first-order valence-electron chi connectivity index (χ1n) is 16.9. The van der Waals surface area contributed by atoms with E-state index in [1.54, 1.807) is 0 Å². The van der Waals surface area contributed by atoms with Crippen molar-refractivity contribution in [3.63, 3.8) is 0 Å². The van der Waals surface area contributed by atoms with Gasteiger partial charge in [0.2, 0.25) is 0 Å². The minimum atomic E-state index is -0.0148. The summed E-state index contributed by atoms with van der Waals surface area (Å²) in [5.41, 5.74) is 19.4. The second kappa shape index (κ2) is 9.23. The maximum Gasteiger partial charge on any atom is 0.0464 e. The predicted molar refractivity (Wildman–Crippen MR) is 193 cm³/mol. The van der Waals surface area contributed by atoms with Crippen LogP contribution in [0.5, 0.6) is 0 Å². The van der Waals surface area contributed by atoms with E-state index in [9.17, 15) is 0 Å². The summed E-state index contributed by atoms with van der Waals surface area (Å²) in [7, 11) is 0. The van der Waals surface area contributed by atoms with E-state index in [2.05, 4.69) is 168 Å². The third-order valence-corrected chi connectivity index (χ3v) is 11.9. The Labute approximate surface area is 273 Å². The minimum absolute atomic E-state index is 0.0148. The molecule has 0 saturated carbocycles. The lowest BCUT2D eigenvalue weighted by Gasteiger charge is -2.34. The fraction of sp³-hybridized carbons (Fsp3) is 0.244. The van der Waals surface area contributed by atoms with Crippen LogP contribution in [0.2, 0.25) is 0 Å². The third-order valence-electron chi connectivity index (χ3n) is 11.9. The molecular weight excluding hydrogens is 555 g/mol.